The van der Waals surface area contributed by atoms with Crippen LogP contribution in [0.2, 0.25) is 0 Å². The van der Waals surface area contributed by atoms with Gasteiger partial charge in [-0.25, -0.2) is 0 Å². The highest BCUT2D eigenvalue weighted by molar-refractivity contribution is 6.32. The Morgan fingerprint density at radius 2 is 0.929 bits per heavy atom. The second-order valence-electron chi connectivity index (χ2n) is 7.17. The molecule has 0 aliphatic heterocycles. The van der Waals surface area contributed by atoms with E-state index in [1.165, 1.54) is 44.1 Å². The zero-order valence-electron chi connectivity index (χ0n) is 15.8. The Balaban J connectivity index is 1.84. The Bertz CT molecular complexity index is 1180. The van der Waals surface area contributed by atoms with E-state index >= 15 is 0 Å². The predicted octanol–water partition coefficient (Wildman–Crippen LogP) is 5.72. The minimum atomic E-state index is 1.17. The van der Waals surface area contributed by atoms with Crippen molar-refractivity contribution in [2.75, 3.05) is 4.90 Å². The maximum atomic E-state index is 2.38. The van der Waals surface area contributed by atoms with Gasteiger partial charge in [0.1, 0.15) is 7.85 Å². The molecule has 28 heavy (non-hydrogen) atoms. The van der Waals surface area contributed by atoms with Gasteiger partial charge >= 0.3 is 0 Å². The van der Waals surface area contributed by atoms with Gasteiger partial charge in [-0.15, -0.1) is 0 Å². The molecule has 0 saturated carbocycles. The molecule has 0 fully saturated rings. The summed E-state index contributed by atoms with van der Waals surface area (Å²) in [6.07, 6.45) is 0. The highest BCUT2D eigenvalue weighted by Crippen LogP contribution is 2.41. The Morgan fingerprint density at radius 1 is 0.464 bits per heavy atom. The molecule has 0 saturated heterocycles. The van der Waals surface area contributed by atoms with Crippen molar-refractivity contribution in [2.45, 2.75) is 0 Å². The van der Waals surface area contributed by atoms with Crippen molar-refractivity contribution >= 4 is 51.9 Å². The first-order chi connectivity index (χ1) is 13.8. The molecule has 0 spiro atoms. The van der Waals surface area contributed by atoms with E-state index in [2.05, 4.69) is 122 Å². The monoisotopic (exact) mass is 357 g/mol. The summed E-state index contributed by atoms with van der Waals surface area (Å²) in [6.45, 7) is 0. The summed E-state index contributed by atoms with van der Waals surface area (Å²) >= 11 is 0. The van der Waals surface area contributed by atoms with E-state index in [1.807, 2.05) is 0 Å². The standard InChI is InChI=1S/C26H20BN/c27-21-15-17-22(18-16-21)28(25-13-5-9-19-7-1-3-11-23(19)25)26-14-6-10-20-8-2-4-12-24(20)26/h1-18H,27H2. The van der Waals surface area contributed by atoms with Crippen LogP contribution in [0.4, 0.5) is 17.1 Å². The number of hydrogen-bond donors (Lipinski definition) is 0. The van der Waals surface area contributed by atoms with Crippen LogP contribution in [0.25, 0.3) is 21.5 Å². The summed E-state index contributed by atoms with van der Waals surface area (Å²) in [5.74, 6) is 0. The lowest BCUT2D eigenvalue weighted by molar-refractivity contribution is 1.31. The number of rotatable bonds is 3. The predicted molar refractivity (Wildman–Crippen MR) is 124 cm³/mol. The minimum Gasteiger partial charge on any atom is -0.309 e. The summed E-state index contributed by atoms with van der Waals surface area (Å²) in [5.41, 5.74) is 4.81. The molecule has 0 bridgehead atoms. The van der Waals surface area contributed by atoms with Crippen LogP contribution in [0.3, 0.4) is 0 Å². The lowest BCUT2D eigenvalue weighted by Gasteiger charge is -2.28. The largest absolute Gasteiger partial charge is 0.309 e. The van der Waals surface area contributed by atoms with Gasteiger partial charge in [0, 0.05) is 16.5 Å². The van der Waals surface area contributed by atoms with Crippen LogP contribution in [0.15, 0.2) is 109 Å². The maximum Gasteiger partial charge on any atom is 0.139 e. The average Bonchev–Trinajstić information content (AvgIpc) is 2.75. The molecular formula is C26H20BN. The van der Waals surface area contributed by atoms with Crippen LogP contribution in [0, 0.1) is 0 Å². The van der Waals surface area contributed by atoms with E-state index < -0.39 is 0 Å². The van der Waals surface area contributed by atoms with Gasteiger partial charge in [0.25, 0.3) is 0 Å². The summed E-state index contributed by atoms with van der Waals surface area (Å²) < 4.78 is 0. The highest BCUT2D eigenvalue weighted by atomic mass is 15.1. The molecule has 0 radical (unpaired) electrons. The molecule has 0 N–H and O–H groups in total. The smallest absolute Gasteiger partial charge is 0.139 e. The molecule has 2 heteroatoms. The Morgan fingerprint density at radius 3 is 1.46 bits per heavy atom. The molecule has 5 rings (SSSR count). The summed E-state index contributed by atoms with van der Waals surface area (Å²) in [4.78, 5) is 2.38. The first-order valence-electron chi connectivity index (χ1n) is 9.63. The van der Waals surface area contributed by atoms with Gasteiger partial charge in [0.2, 0.25) is 0 Å². The van der Waals surface area contributed by atoms with Crippen molar-refractivity contribution in [1.82, 2.24) is 0 Å². The quantitative estimate of drug-likeness (QED) is 0.373. The van der Waals surface area contributed by atoms with Crippen LogP contribution >= 0.6 is 0 Å². The van der Waals surface area contributed by atoms with Gasteiger partial charge in [-0.3, -0.25) is 0 Å². The molecule has 0 heterocycles. The molecule has 0 unspecified atom stereocenters. The number of fused-ring (bicyclic) bond motifs is 2. The van der Waals surface area contributed by atoms with Gasteiger partial charge in [-0.05, 0) is 35.0 Å². The third-order valence-corrected chi connectivity index (χ3v) is 5.31. The maximum absolute atomic E-state index is 2.38. The SMILES string of the molecule is Bc1ccc(N(c2cccc3ccccc23)c2cccc3ccccc23)cc1. The van der Waals surface area contributed by atoms with Crippen molar-refractivity contribution in [3.63, 3.8) is 0 Å². The summed E-state index contributed by atoms with van der Waals surface area (Å²) in [5, 5.41) is 4.99. The molecule has 0 aliphatic carbocycles. The number of benzene rings is 5. The van der Waals surface area contributed by atoms with E-state index in [4.69, 9.17) is 0 Å². The topological polar surface area (TPSA) is 3.24 Å². The van der Waals surface area contributed by atoms with Crippen molar-refractivity contribution in [3.05, 3.63) is 109 Å². The molecule has 5 aromatic rings. The summed E-state index contributed by atoms with van der Waals surface area (Å²) in [6, 6.07) is 39.0. The number of hydrogen-bond acceptors (Lipinski definition) is 1. The Labute approximate surface area is 166 Å². The molecule has 0 aliphatic rings. The van der Waals surface area contributed by atoms with Crippen LogP contribution in [0.1, 0.15) is 0 Å². The van der Waals surface area contributed by atoms with Crippen LogP contribution < -0.4 is 10.4 Å². The third kappa shape index (κ3) is 2.84. The van der Waals surface area contributed by atoms with Crippen LogP contribution in [0.5, 0.6) is 0 Å². The molecule has 5 aromatic carbocycles. The number of nitrogens with zero attached hydrogens (tertiary/aromatic N) is 1. The zero-order valence-corrected chi connectivity index (χ0v) is 15.8. The Hall–Kier alpha value is -3.52. The van der Waals surface area contributed by atoms with Crippen molar-refractivity contribution in [3.8, 4) is 0 Å². The van der Waals surface area contributed by atoms with Crippen molar-refractivity contribution in [2.24, 2.45) is 0 Å². The molecule has 132 valence electrons. The van der Waals surface area contributed by atoms with Crippen LogP contribution in [-0.4, -0.2) is 7.85 Å². The van der Waals surface area contributed by atoms with Crippen molar-refractivity contribution < 1.29 is 0 Å². The summed E-state index contributed by atoms with van der Waals surface area (Å²) in [7, 11) is 2.13. The fourth-order valence-electron chi connectivity index (χ4n) is 3.91. The second-order valence-corrected chi connectivity index (χ2v) is 7.17. The normalized spacial score (nSPS) is 11.0. The first kappa shape index (κ1) is 16.6. The van der Waals surface area contributed by atoms with E-state index in [1.54, 1.807) is 0 Å². The van der Waals surface area contributed by atoms with Crippen molar-refractivity contribution in [1.29, 1.82) is 0 Å². The number of anilines is 3. The van der Waals surface area contributed by atoms with E-state index in [-0.39, 0.29) is 0 Å². The fourth-order valence-corrected chi connectivity index (χ4v) is 3.91. The molecule has 0 atom stereocenters. The fraction of sp³-hybridized carbons (Fsp3) is 0. The first-order valence-corrected chi connectivity index (χ1v) is 9.63. The Kier molecular flexibility index (Phi) is 4.10. The minimum absolute atomic E-state index is 1.17. The zero-order chi connectivity index (χ0) is 18.9. The van der Waals surface area contributed by atoms with Gasteiger partial charge in [0.05, 0.1) is 11.4 Å². The van der Waals surface area contributed by atoms with Gasteiger partial charge < -0.3 is 4.90 Å². The van der Waals surface area contributed by atoms with E-state index in [9.17, 15) is 0 Å². The molecule has 0 aromatic heterocycles. The molecule has 1 nitrogen and oxygen atoms in total. The van der Waals surface area contributed by atoms with Crippen LogP contribution in [-0.2, 0) is 0 Å². The highest BCUT2D eigenvalue weighted by Gasteiger charge is 2.17. The van der Waals surface area contributed by atoms with E-state index in [0.717, 1.165) is 0 Å². The lowest BCUT2D eigenvalue weighted by Crippen LogP contribution is -2.12. The molecular weight excluding hydrogens is 337 g/mol. The van der Waals surface area contributed by atoms with E-state index in [0.29, 0.717) is 0 Å². The van der Waals surface area contributed by atoms with Gasteiger partial charge in [-0.1, -0.05) is 90.4 Å². The molecule has 0 amide bonds. The lowest BCUT2D eigenvalue weighted by atomic mass is 9.96. The van der Waals surface area contributed by atoms with Gasteiger partial charge in [-0.2, -0.15) is 0 Å². The van der Waals surface area contributed by atoms with Gasteiger partial charge in [0.15, 0.2) is 0 Å². The third-order valence-electron chi connectivity index (χ3n) is 5.31. The second kappa shape index (κ2) is 6.90. The average molecular weight is 357 g/mol.